The van der Waals surface area contributed by atoms with Gasteiger partial charge in [0.15, 0.2) is 11.5 Å². The zero-order chi connectivity index (χ0) is 18.6. The van der Waals surface area contributed by atoms with Gasteiger partial charge in [0, 0.05) is 43.5 Å². The van der Waals surface area contributed by atoms with Gasteiger partial charge in [-0.1, -0.05) is 0 Å². The topological polar surface area (TPSA) is 71.5 Å². The van der Waals surface area contributed by atoms with Gasteiger partial charge in [0.1, 0.15) is 5.82 Å². The van der Waals surface area contributed by atoms with Crippen LogP contribution in [0.1, 0.15) is 19.3 Å². The number of nitrogens with one attached hydrogen (secondary N) is 2. The smallest absolute Gasteiger partial charge is 0.229 e. The molecule has 7 heteroatoms. The molecule has 2 aromatic rings. The fourth-order valence-electron chi connectivity index (χ4n) is 3.53. The summed E-state index contributed by atoms with van der Waals surface area (Å²) < 4.78 is 11.6. The first-order chi connectivity index (χ1) is 13.2. The monoisotopic (exact) mass is 369 g/mol. The summed E-state index contributed by atoms with van der Waals surface area (Å²) in [5, 5.41) is 6.23. The van der Waals surface area contributed by atoms with Crippen molar-refractivity contribution in [3.05, 3.63) is 30.5 Å². The highest BCUT2D eigenvalue weighted by Crippen LogP contribution is 2.34. The summed E-state index contributed by atoms with van der Waals surface area (Å²) in [5.41, 5.74) is 0.866. The maximum absolute atomic E-state index is 6.14. The second-order valence-electron chi connectivity index (χ2n) is 7.20. The Labute approximate surface area is 160 Å². The van der Waals surface area contributed by atoms with Gasteiger partial charge in [0.2, 0.25) is 5.95 Å². The van der Waals surface area contributed by atoms with Crippen LogP contribution in [0.3, 0.4) is 0 Å². The summed E-state index contributed by atoms with van der Waals surface area (Å²) in [4.78, 5) is 11.2. The van der Waals surface area contributed by atoms with Crippen LogP contribution in [0.4, 0.5) is 17.5 Å². The highest BCUT2D eigenvalue weighted by Gasteiger charge is 2.34. The molecule has 0 radical (unpaired) electrons. The zero-order valence-electron chi connectivity index (χ0n) is 15.9. The van der Waals surface area contributed by atoms with Gasteiger partial charge >= 0.3 is 0 Å². The van der Waals surface area contributed by atoms with Crippen LogP contribution in [0.25, 0.3) is 0 Å². The van der Waals surface area contributed by atoms with E-state index in [2.05, 4.69) is 25.5 Å². The first-order valence-corrected chi connectivity index (χ1v) is 9.58. The van der Waals surface area contributed by atoms with Crippen LogP contribution in [-0.2, 0) is 0 Å². The van der Waals surface area contributed by atoms with Crippen LogP contribution in [0.5, 0.6) is 11.5 Å². The van der Waals surface area contributed by atoms with Crippen molar-refractivity contribution in [1.29, 1.82) is 0 Å². The van der Waals surface area contributed by atoms with Crippen molar-refractivity contribution in [2.45, 2.75) is 25.3 Å². The van der Waals surface area contributed by atoms with Gasteiger partial charge in [-0.2, -0.15) is 4.98 Å². The average Bonchev–Trinajstić information content (AvgIpc) is 3.45. The lowest BCUT2D eigenvalue weighted by Gasteiger charge is -2.17. The van der Waals surface area contributed by atoms with Gasteiger partial charge < -0.3 is 20.1 Å². The minimum Gasteiger partial charge on any atom is -0.493 e. The van der Waals surface area contributed by atoms with Crippen LogP contribution in [0, 0.1) is 5.92 Å². The molecule has 2 heterocycles. The van der Waals surface area contributed by atoms with Crippen molar-refractivity contribution in [3.63, 3.8) is 0 Å². The van der Waals surface area contributed by atoms with Crippen LogP contribution in [-0.4, -0.2) is 54.8 Å². The van der Waals surface area contributed by atoms with Crippen LogP contribution < -0.4 is 20.1 Å². The Bertz CT molecular complexity index is 781. The van der Waals surface area contributed by atoms with E-state index in [-0.39, 0.29) is 0 Å². The van der Waals surface area contributed by atoms with Crippen molar-refractivity contribution in [3.8, 4) is 11.5 Å². The van der Waals surface area contributed by atoms with Crippen molar-refractivity contribution >= 4 is 17.5 Å². The lowest BCUT2D eigenvalue weighted by atomic mass is 10.1. The Hall–Kier alpha value is -2.54. The number of hydrogen-bond acceptors (Lipinski definition) is 7. The normalized spacial score (nSPS) is 19.7. The predicted octanol–water partition coefficient (Wildman–Crippen LogP) is 3.13. The molecule has 1 aromatic heterocycles. The number of benzene rings is 1. The van der Waals surface area contributed by atoms with E-state index in [4.69, 9.17) is 9.47 Å². The molecule has 7 nitrogen and oxygen atoms in total. The minimum atomic E-state index is 0.536. The Morgan fingerprint density at radius 1 is 1.19 bits per heavy atom. The fourth-order valence-corrected chi connectivity index (χ4v) is 3.53. The highest BCUT2D eigenvalue weighted by molar-refractivity contribution is 5.60. The third kappa shape index (κ3) is 4.42. The van der Waals surface area contributed by atoms with Gasteiger partial charge in [0.25, 0.3) is 0 Å². The molecule has 1 atom stereocenters. The number of hydrogen-bond donors (Lipinski definition) is 2. The summed E-state index contributed by atoms with van der Waals surface area (Å²) in [6.45, 7) is 3.07. The first-order valence-electron chi connectivity index (χ1n) is 9.58. The molecule has 144 valence electrons. The number of methoxy groups -OCH3 is 1. The van der Waals surface area contributed by atoms with E-state index in [9.17, 15) is 0 Å². The molecule has 1 aromatic carbocycles. The molecule has 1 aliphatic heterocycles. The van der Waals surface area contributed by atoms with Crippen LogP contribution in [0.2, 0.25) is 0 Å². The number of aromatic nitrogens is 2. The summed E-state index contributed by atoms with van der Waals surface area (Å²) in [6.07, 6.45) is 5.66. The molecule has 0 amide bonds. The molecule has 2 N–H and O–H groups in total. The van der Waals surface area contributed by atoms with Gasteiger partial charge in [-0.15, -0.1) is 0 Å². The predicted molar refractivity (Wildman–Crippen MR) is 106 cm³/mol. The minimum absolute atomic E-state index is 0.536. The fraction of sp³-hybridized carbons (Fsp3) is 0.500. The number of anilines is 3. The molecule has 2 fully saturated rings. The maximum atomic E-state index is 6.14. The zero-order valence-corrected chi connectivity index (χ0v) is 15.9. The van der Waals surface area contributed by atoms with Crippen molar-refractivity contribution in [2.24, 2.45) is 5.92 Å². The second-order valence-corrected chi connectivity index (χ2v) is 7.20. The van der Waals surface area contributed by atoms with Crippen LogP contribution >= 0.6 is 0 Å². The van der Waals surface area contributed by atoms with E-state index in [0.29, 0.717) is 11.9 Å². The van der Waals surface area contributed by atoms with E-state index in [1.165, 1.54) is 25.8 Å². The quantitative estimate of drug-likeness (QED) is 0.741. The maximum Gasteiger partial charge on any atom is 0.229 e. The summed E-state index contributed by atoms with van der Waals surface area (Å²) in [5.74, 6) is 3.37. The molecule has 1 saturated heterocycles. The Kier molecular flexibility index (Phi) is 5.29. The molecule has 0 spiro atoms. The SMILES string of the molecule is CNc1ccnc(Nc2ccc(OC)c(OC[C@@H]3CCN(C4CC4)C3)c2)n1. The first kappa shape index (κ1) is 17.9. The third-order valence-electron chi connectivity index (χ3n) is 5.19. The molecule has 0 bridgehead atoms. The van der Waals surface area contributed by atoms with E-state index >= 15 is 0 Å². The largest absolute Gasteiger partial charge is 0.493 e. The molecule has 1 aliphatic carbocycles. The Morgan fingerprint density at radius 2 is 2.07 bits per heavy atom. The van der Waals surface area contributed by atoms with Crippen molar-refractivity contribution in [1.82, 2.24) is 14.9 Å². The summed E-state index contributed by atoms with van der Waals surface area (Å²) in [6, 6.07) is 8.45. The number of ether oxygens (including phenoxy) is 2. The molecule has 4 rings (SSSR count). The Balaban J connectivity index is 1.41. The lowest BCUT2D eigenvalue weighted by Crippen LogP contribution is -2.24. The van der Waals surface area contributed by atoms with Gasteiger partial charge in [-0.05, 0) is 44.0 Å². The molecular weight excluding hydrogens is 342 g/mol. The molecule has 1 saturated carbocycles. The molecule has 0 unspecified atom stereocenters. The summed E-state index contributed by atoms with van der Waals surface area (Å²) in [7, 11) is 3.50. The van der Waals surface area contributed by atoms with Crippen molar-refractivity contribution in [2.75, 3.05) is 44.5 Å². The van der Waals surface area contributed by atoms with E-state index < -0.39 is 0 Å². The van der Waals surface area contributed by atoms with E-state index in [0.717, 1.165) is 42.2 Å². The van der Waals surface area contributed by atoms with Crippen LogP contribution in [0.15, 0.2) is 30.5 Å². The molecular formula is C20H27N5O2. The average molecular weight is 369 g/mol. The van der Waals surface area contributed by atoms with Crippen molar-refractivity contribution < 1.29 is 9.47 Å². The number of rotatable bonds is 8. The standard InChI is InChI=1S/C20H27N5O2/c1-21-19-7-9-22-20(24-19)23-15-3-6-17(26-2)18(11-15)27-13-14-8-10-25(12-14)16-4-5-16/h3,6-7,9,11,14,16H,4-5,8,10,12-13H2,1-2H3,(H2,21,22,23,24)/t14-/m1/s1. The Morgan fingerprint density at radius 3 is 2.85 bits per heavy atom. The number of likely N-dealkylation sites (tertiary alicyclic amines) is 1. The third-order valence-corrected chi connectivity index (χ3v) is 5.19. The second kappa shape index (κ2) is 8.00. The molecule has 27 heavy (non-hydrogen) atoms. The summed E-state index contributed by atoms with van der Waals surface area (Å²) >= 11 is 0. The van der Waals surface area contributed by atoms with Gasteiger partial charge in [-0.3, -0.25) is 4.90 Å². The highest BCUT2D eigenvalue weighted by atomic mass is 16.5. The van der Waals surface area contributed by atoms with E-state index in [1.807, 2.05) is 31.3 Å². The molecule has 2 aliphatic rings. The van der Waals surface area contributed by atoms with E-state index in [1.54, 1.807) is 13.3 Å². The van der Waals surface area contributed by atoms with Gasteiger partial charge in [0.05, 0.1) is 13.7 Å². The number of nitrogens with zero attached hydrogens (tertiary/aromatic N) is 3. The van der Waals surface area contributed by atoms with Gasteiger partial charge in [-0.25, -0.2) is 4.98 Å². The lowest BCUT2D eigenvalue weighted by molar-refractivity contribution is 0.230.